The lowest BCUT2D eigenvalue weighted by Crippen LogP contribution is -2.55. The van der Waals surface area contributed by atoms with Crippen LogP contribution in [0.3, 0.4) is 0 Å². The minimum absolute atomic E-state index is 0.0947. The summed E-state index contributed by atoms with van der Waals surface area (Å²) in [6, 6.07) is 0.0947. The molecular weight excluding hydrogens is 236 g/mol. The topological polar surface area (TPSA) is 58.2 Å². The minimum Gasteiger partial charge on any atom is -0.352 e. The van der Waals surface area contributed by atoms with E-state index in [-0.39, 0.29) is 17.5 Å². The van der Waals surface area contributed by atoms with Crippen LogP contribution < -0.4 is 10.6 Å². The average molecular weight is 260 g/mol. The van der Waals surface area contributed by atoms with Crippen molar-refractivity contribution in [3.8, 4) is 0 Å². The number of amides is 1. The summed E-state index contributed by atoms with van der Waals surface area (Å²) in [5, 5.41) is 6.35. The molecule has 1 fully saturated rings. The third kappa shape index (κ3) is 4.07. The lowest BCUT2D eigenvalue weighted by Gasteiger charge is -2.28. The molecule has 17 heavy (non-hydrogen) atoms. The van der Waals surface area contributed by atoms with Crippen molar-refractivity contribution in [2.75, 3.05) is 18.6 Å². The molecule has 3 unspecified atom stereocenters. The van der Waals surface area contributed by atoms with Crippen molar-refractivity contribution in [2.24, 2.45) is 0 Å². The van der Waals surface area contributed by atoms with Crippen LogP contribution in [0.15, 0.2) is 0 Å². The zero-order valence-electron chi connectivity index (χ0n) is 11.0. The van der Waals surface area contributed by atoms with Crippen molar-refractivity contribution < 1.29 is 9.00 Å². The summed E-state index contributed by atoms with van der Waals surface area (Å²) in [5.74, 6) is 0.750. The molecule has 5 heteroatoms. The Bertz CT molecular complexity index is 288. The van der Waals surface area contributed by atoms with E-state index in [4.69, 9.17) is 0 Å². The van der Waals surface area contributed by atoms with Crippen molar-refractivity contribution in [3.63, 3.8) is 0 Å². The van der Waals surface area contributed by atoms with Crippen molar-refractivity contribution in [2.45, 2.75) is 51.1 Å². The highest BCUT2D eigenvalue weighted by Gasteiger charge is 2.39. The first-order valence-corrected chi connectivity index (χ1v) is 8.09. The van der Waals surface area contributed by atoms with E-state index in [2.05, 4.69) is 10.6 Å². The van der Waals surface area contributed by atoms with Crippen LogP contribution in [-0.2, 0) is 15.6 Å². The standard InChI is InChI=1S/C12H24N2O2S/c1-4-12(7-5-8-13-12)11(15)14-10(2)6-9-17(3)16/h10,13H,4-9H2,1-3H3,(H,14,15). The summed E-state index contributed by atoms with van der Waals surface area (Å²) in [4.78, 5) is 12.2. The third-order valence-corrected chi connectivity index (χ3v) is 4.31. The number of rotatable bonds is 6. The van der Waals surface area contributed by atoms with Gasteiger partial charge in [-0.25, -0.2) is 0 Å². The molecule has 1 aliphatic heterocycles. The Hall–Kier alpha value is -0.420. The maximum absolute atomic E-state index is 12.2. The third-order valence-electron chi connectivity index (χ3n) is 3.50. The van der Waals surface area contributed by atoms with Crippen molar-refractivity contribution in [1.82, 2.24) is 10.6 Å². The molecule has 3 atom stereocenters. The van der Waals surface area contributed by atoms with E-state index in [9.17, 15) is 9.00 Å². The largest absolute Gasteiger partial charge is 0.352 e. The molecule has 2 N–H and O–H groups in total. The highest BCUT2D eigenvalue weighted by molar-refractivity contribution is 7.84. The first-order valence-electron chi connectivity index (χ1n) is 6.36. The zero-order chi connectivity index (χ0) is 12.9. The van der Waals surface area contributed by atoms with Crippen LogP contribution in [0.2, 0.25) is 0 Å². The second kappa shape index (κ2) is 6.50. The Morgan fingerprint density at radius 3 is 2.76 bits per heavy atom. The summed E-state index contributed by atoms with van der Waals surface area (Å²) >= 11 is 0. The van der Waals surface area contributed by atoms with Crippen LogP contribution in [-0.4, -0.2) is 40.3 Å². The number of carbonyl (C=O) groups is 1. The maximum Gasteiger partial charge on any atom is 0.240 e. The number of nitrogens with one attached hydrogen (secondary N) is 2. The number of hydrogen-bond donors (Lipinski definition) is 2. The second-order valence-electron chi connectivity index (χ2n) is 4.91. The lowest BCUT2D eigenvalue weighted by atomic mass is 9.93. The van der Waals surface area contributed by atoms with E-state index in [1.807, 2.05) is 13.8 Å². The fraction of sp³-hybridized carbons (Fsp3) is 0.917. The summed E-state index contributed by atoms with van der Waals surface area (Å²) in [7, 11) is -0.782. The Kier molecular flexibility index (Phi) is 5.59. The predicted molar refractivity (Wildman–Crippen MR) is 71.4 cm³/mol. The second-order valence-corrected chi connectivity index (χ2v) is 6.46. The van der Waals surface area contributed by atoms with Gasteiger partial charge in [0.2, 0.25) is 5.91 Å². The van der Waals surface area contributed by atoms with E-state index < -0.39 is 10.8 Å². The van der Waals surface area contributed by atoms with Crippen LogP contribution in [0, 0.1) is 0 Å². The van der Waals surface area contributed by atoms with Gasteiger partial charge in [0.25, 0.3) is 0 Å². The first-order chi connectivity index (χ1) is 8.00. The molecule has 0 spiro atoms. The highest BCUT2D eigenvalue weighted by Crippen LogP contribution is 2.23. The number of hydrogen-bond acceptors (Lipinski definition) is 3. The van der Waals surface area contributed by atoms with E-state index >= 15 is 0 Å². The van der Waals surface area contributed by atoms with Crippen LogP contribution in [0.1, 0.15) is 39.5 Å². The normalized spacial score (nSPS) is 27.7. The Labute approximate surface area is 106 Å². The van der Waals surface area contributed by atoms with Gasteiger partial charge in [0.1, 0.15) is 0 Å². The van der Waals surface area contributed by atoms with Crippen molar-refractivity contribution in [3.05, 3.63) is 0 Å². The molecule has 0 aromatic rings. The van der Waals surface area contributed by atoms with Gasteiger partial charge in [-0.3, -0.25) is 9.00 Å². The smallest absolute Gasteiger partial charge is 0.240 e. The Morgan fingerprint density at radius 2 is 2.29 bits per heavy atom. The van der Waals surface area contributed by atoms with Gasteiger partial charge in [0, 0.05) is 28.9 Å². The molecule has 0 bridgehead atoms. The Morgan fingerprint density at radius 1 is 1.59 bits per heavy atom. The van der Waals surface area contributed by atoms with Crippen LogP contribution in [0.25, 0.3) is 0 Å². The van der Waals surface area contributed by atoms with Gasteiger partial charge < -0.3 is 10.6 Å². The molecule has 0 aliphatic carbocycles. The molecule has 4 nitrogen and oxygen atoms in total. The molecule has 1 heterocycles. The van der Waals surface area contributed by atoms with Gasteiger partial charge in [0.15, 0.2) is 0 Å². The molecule has 100 valence electrons. The van der Waals surface area contributed by atoms with E-state index in [0.29, 0.717) is 5.75 Å². The Balaban J connectivity index is 2.44. The predicted octanol–water partition coefficient (Wildman–Crippen LogP) is 0.792. The summed E-state index contributed by atoms with van der Waals surface area (Å²) in [6.07, 6.45) is 5.27. The quantitative estimate of drug-likeness (QED) is 0.742. The molecule has 0 aromatic carbocycles. The maximum atomic E-state index is 12.2. The average Bonchev–Trinajstić information content (AvgIpc) is 2.76. The van der Waals surface area contributed by atoms with E-state index in [1.54, 1.807) is 6.26 Å². The van der Waals surface area contributed by atoms with Gasteiger partial charge >= 0.3 is 0 Å². The fourth-order valence-electron chi connectivity index (χ4n) is 2.24. The molecule has 0 aromatic heterocycles. The summed E-state index contributed by atoms with van der Waals surface area (Å²) in [5.41, 5.74) is -0.361. The van der Waals surface area contributed by atoms with Crippen LogP contribution >= 0.6 is 0 Å². The molecular formula is C12H24N2O2S. The van der Waals surface area contributed by atoms with Crippen LogP contribution in [0.5, 0.6) is 0 Å². The van der Waals surface area contributed by atoms with Gasteiger partial charge in [-0.2, -0.15) is 0 Å². The minimum atomic E-state index is -0.782. The lowest BCUT2D eigenvalue weighted by molar-refractivity contribution is -0.127. The van der Waals surface area contributed by atoms with Gasteiger partial charge in [-0.05, 0) is 39.2 Å². The van der Waals surface area contributed by atoms with Crippen molar-refractivity contribution >= 4 is 16.7 Å². The van der Waals surface area contributed by atoms with E-state index in [0.717, 1.165) is 32.2 Å². The van der Waals surface area contributed by atoms with Crippen LogP contribution in [0.4, 0.5) is 0 Å². The molecule has 0 radical (unpaired) electrons. The highest BCUT2D eigenvalue weighted by atomic mass is 32.2. The van der Waals surface area contributed by atoms with E-state index in [1.165, 1.54) is 0 Å². The molecule has 1 saturated heterocycles. The SMILES string of the molecule is CCC1(C(=O)NC(C)CCS(C)=O)CCCN1. The summed E-state index contributed by atoms with van der Waals surface area (Å²) in [6.45, 7) is 4.95. The summed E-state index contributed by atoms with van der Waals surface area (Å²) < 4.78 is 11.0. The van der Waals surface area contributed by atoms with Gasteiger partial charge in [-0.1, -0.05) is 6.92 Å². The first kappa shape index (κ1) is 14.6. The molecule has 1 amide bonds. The van der Waals surface area contributed by atoms with Gasteiger partial charge in [-0.15, -0.1) is 0 Å². The number of carbonyl (C=O) groups excluding carboxylic acids is 1. The molecule has 0 saturated carbocycles. The molecule has 1 rings (SSSR count). The van der Waals surface area contributed by atoms with Gasteiger partial charge in [0.05, 0.1) is 5.54 Å². The zero-order valence-corrected chi connectivity index (χ0v) is 11.9. The fourth-order valence-corrected chi connectivity index (χ4v) is 2.92. The van der Waals surface area contributed by atoms with Crippen molar-refractivity contribution in [1.29, 1.82) is 0 Å². The monoisotopic (exact) mass is 260 g/mol. The molecule has 1 aliphatic rings.